The minimum Gasteiger partial charge on any atom is -0.378 e. The van der Waals surface area contributed by atoms with Crippen molar-refractivity contribution < 1.29 is 9.53 Å². The van der Waals surface area contributed by atoms with Crippen LogP contribution < -0.4 is 10.6 Å². The molecule has 4 heteroatoms. The first-order valence-corrected chi connectivity index (χ1v) is 7.45. The van der Waals surface area contributed by atoms with Gasteiger partial charge >= 0.3 is 0 Å². The molecule has 108 valence electrons. The van der Waals surface area contributed by atoms with Gasteiger partial charge in [0.15, 0.2) is 0 Å². The Bertz CT molecular complexity index is 468. The maximum absolute atomic E-state index is 12.1. The summed E-state index contributed by atoms with van der Waals surface area (Å²) in [6.45, 7) is 3.46. The molecule has 1 saturated heterocycles. The van der Waals surface area contributed by atoms with Gasteiger partial charge in [0.2, 0.25) is 5.91 Å². The average molecular weight is 274 g/mol. The highest BCUT2D eigenvalue weighted by molar-refractivity contribution is 5.92. The molecular weight excluding hydrogens is 252 g/mol. The molecule has 1 aliphatic heterocycles. The summed E-state index contributed by atoms with van der Waals surface area (Å²) in [5, 5.41) is 6.45. The van der Waals surface area contributed by atoms with E-state index < -0.39 is 0 Å². The number of anilines is 1. The lowest BCUT2D eigenvalue weighted by molar-refractivity contribution is -0.119. The van der Waals surface area contributed by atoms with Crippen molar-refractivity contribution in [2.24, 2.45) is 5.92 Å². The smallest absolute Gasteiger partial charge is 0.229 e. The van der Waals surface area contributed by atoms with E-state index in [1.54, 1.807) is 0 Å². The number of rotatable bonds is 5. The molecule has 1 aromatic rings. The second-order valence-corrected chi connectivity index (χ2v) is 5.92. The molecule has 2 fully saturated rings. The minimum absolute atomic E-state index is 0.0128. The SMILES string of the molecule is CC1CC(C(=O)Nc2ccc(CNC3CC3)cc2)CO1. The van der Waals surface area contributed by atoms with Crippen LogP contribution in [0.3, 0.4) is 0 Å². The fourth-order valence-electron chi connectivity index (χ4n) is 2.50. The van der Waals surface area contributed by atoms with E-state index in [2.05, 4.69) is 22.8 Å². The van der Waals surface area contributed by atoms with E-state index in [0.29, 0.717) is 6.61 Å². The summed E-state index contributed by atoms with van der Waals surface area (Å²) >= 11 is 0. The fraction of sp³-hybridized carbons (Fsp3) is 0.562. The molecule has 2 aliphatic rings. The topological polar surface area (TPSA) is 50.4 Å². The quantitative estimate of drug-likeness (QED) is 0.866. The molecule has 0 spiro atoms. The molecule has 2 N–H and O–H groups in total. The summed E-state index contributed by atoms with van der Waals surface area (Å²) < 4.78 is 5.43. The summed E-state index contributed by atoms with van der Waals surface area (Å²) in [4.78, 5) is 12.1. The van der Waals surface area contributed by atoms with Gasteiger partial charge in [0.1, 0.15) is 0 Å². The molecule has 0 aromatic heterocycles. The Kier molecular flexibility index (Phi) is 4.03. The predicted octanol–water partition coefficient (Wildman–Crippen LogP) is 2.30. The van der Waals surface area contributed by atoms with E-state index in [4.69, 9.17) is 4.74 Å². The van der Waals surface area contributed by atoms with Gasteiger partial charge < -0.3 is 15.4 Å². The predicted molar refractivity (Wildman–Crippen MR) is 78.5 cm³/mol. The molecule has 1 aromatic carbocycles. The minimum atomic E-state index is -0.0128. The van der Waals surface area contributed by atoms with Crippen LogP contribution in [0.4, 0.5) is 5.69 Å². The molecule has 20 heavy (non-hydrogen) atoms. The van der Waals surface area contributed by atoms with Crippen LogP contribution in [-0.4, -0.2) is 24.7 Å². The van der Waals surface area contributed by atoms with Gasteiger partial charge in [-0.15, -0.1) is 0 Å². The van der Waals surface area contributed by atoms with Crippen LogP contribution in [0, 0.1) is 5.92 Å². The normalized spacial score (nSPS) is 25.6. The lowest BCUT2D eigenvalue weighted by atomic mass is 10.1. The number of nitrogens with one attached hydrogen (secondary N) is 2. The van der Waals surface area contributed by atoms with Crippen molar-refractivity contribution in [3.8, 4) is 0 Å². The first-order valence-electron chi connectivity index (χ1n) is 7.45. The van der Waals surface area contributed by atoms with Crippen molar-refractivity contribution >= 4 is 11.6 Å². The van der Waals surface area contributed by atoms with Gasteiger partial charge in [-0.2, -0.15) is 0 Å². The van der Waals surface area contributed by atoms with E-state index in [9.17, 15) is 4.79 Å². The van der Waals surface area contributed by atoms with E-state index in [0.717, 1.165) is 24.7 Å². The van der Waals surface area contributed by atoms with Crippen LogP contribution in [0.1, 0.15) is 31.7 Å². The zero-order valence-corrected chi connectivity index (χ0v) is 11.9. The third kappa shape index (κ3) is 3.58. The van der Waals surface area contributed by atoms with Gasteiger partial charge in [0, 0.05) is 18.3 Å². The van der Waals surface area contributed by atoms with Crippen LogP contribution in [0.2, 0.25) is 0 Å². The molecule has 0 bridgehead atoms. The van der Waals surface area contributed by atoms with E-state index in [-0.39, 0.29) is 17.9 Å². The Morgan fingerprint density at radius 1 is 1.30 bits per heavy atom. The van der Waals surface area contributed by atoms with E-state index in [1.807, 2.05) is 19.1 Å². The van der Waals surface area contributed by atoms with Gasteiger partial charge in [-0.3, -0.25) is 4.79 Å². The van der Waals surface area contributed by atoms with Crippen LogP contribution in [0.25, 0.3) is 0 Å². The van der Waals surface area contributed by atoms with Crippen molar-refractivity contribution in [3.05, 3.63) is 29.8 Å². The number of hydrogen-bond acceptors (Lipinski definition) is 3. The van der Waals surface area contributed by atoms with E-state index >= 15 is 0 Å². The van der Waals surface area contributed by atoms with Crippen molar-refractivity contribution in [2.75, 3.05) is 11.9 Å². The number of carbonyl (C=O) groups excluding carboxylic acids is 1. The zero-order chi connectivity index (χ0) is 13.9. The third-order valence-corrected chi connectivity index (χ3v) is 3.96. The molecule has 1 amide bonds. The molecule has 1 heterocycles. The second kappa shape index (κ2) is 5.94. The highest BCUT2D eigenvalue weighted by atomic mass is 16.5. The Hall–Kier alpha value is -1.39. The summed E-state index contributed by atoms with van der Waals surface area (Å²) in [7, 11) is 0. The largest absolute Gasteiger partial charge is 0.378 e. The molecule has 3 rings (SSSR count). The Balaban J connectivity index is 1.50. The lowest BCUT2D eigenvalue weighted by Gasteiger charge is -2.10. The first-order chi connectivity index (χ1) is 9.70. The van der Waals surface area contributed by atoms with Crippen LogP contribution in [0.15, 0.2) is 24.3 Å². The number of carbonyl (C=O) groups is 1. The molecule has 2 unspecified atom stereocenters. The summed E-state index contributed by atoms with van der Waals surface area (Å²) in [6, 6.07) is 8.80. The number of amides is 1. The van der Waals surface area contributed by atoms with E-state index in [1.165, 1.54) is 18.4 Å². The molecule has 0 radical (unpaired) electrons. The first kappa shape index (κ1) is 13.6. The van der Waals surface area contributed by atoms with Crippen molar-refractivity contribution in [1.82, 2.24) is 5.32 Å². The highest BCUT2D eigenvalue weighted by Gasteiger charge is 2.28. The monoisotopic (exact) mass is 274 g/mol. The molecular formula is C16H22N2O2. The lowest BCUT2D eigenvalue weighted by Crippen LogP contribution is -2.23. The van der Waals surface area contributed by atoms with Gasteiger partial charge in [-0.05, 0) is 43.9 Å². The average Bonchev–Trinajstić information content (AvgIpc) is 3.18. The van der Waals surface area contributed by atoms with Crippen LogP contribution >= 0.6 is 0 Å². The number of ether oxygens (including phenoxy) is 1. The maximum atomic E-state index is 12.1. The molecule has 2 atom stereocenters. The molecule has 1 saturated carbocycles. The van der Waals surface area contributed by atoms with Gasteiger partial charge in [-0.1, -0.05) is 12.1 Å². The molecule has 4 nitrogen and oxygen atoms in total. The van der Waals surface area contributed by atoms with Gasteiger partial charge in [0.05, 0.1) is 18.6 Å². The van der Waals surface area contributed by atoms with Crippen molar-refractivity contribution in [2.45, 2.75) is 44.9 Å². The Morgan fingerprint density at radius 2 is 2.05 bits per heavy atom. The van der Waals surface area contributed by atoms with Gasteiger partial charge in [0.25, 0.3) is 0 Å². The third-order valence-electron chi connectivity index (χ3n) is 3.96. The summed E-state index contributed by atoms with van der Waals surface area (Å²) in [6.07, 6.45) is 3.61. The highest BCUT2D eigenvalue weighted by Crippen LogP contribution is 2.22. The standard InChI is InChI=1S/C16H22N2O2/c1-11-8-13(10-20-11)16(19)18-15-4-2-12(3-5-15)9-17-14-6-7-14/h2-5,11,13-14,17H,6-10H2,1H3,(H,18,19). The number of hydrogen-bond donors (Lipinski definition) is 2. The van der Waals surface area contributed by atoms with Gasteiger partial charge in [-0.25, -0.2) is 0 Å². The molecule has 1 aliphatic carbocycles. The number of benzene rings is 1. The van der Waals surface area contributed by atoms with Crippen LogP contribution in [0.5, 0.6) is 0 Å². The second-order valence-electron chi connectivity index (χ2n) is 5.92. The van der Waals surface area contributed by atoms with Crippen LogP contribution in [-0.2, 0) is 16.1 Å². The Morgan fingerprint density at radius 3 is 2.65 bits per heavy atom. The fourth-order valence-corrected chi connectivity index (χ4v) is 2.50. The summed E-state index contributed by atoms with van der Waals surface area (Å²) in [5.74, 6) is 0.0550. The summed E-state index contributed by atoms with van der Waals surface area (Å²) in [5.41, 5.74) is 2.12. The van der Waals surface area contributed by atoms with Crippen molar-refractivity contribution in [3.63, 3.8) is 0 Å². The Labute approximate surface area is 119 Å². The van der Waals surface area contributed by atoms with Crippen molar-refractivity contribution in [1.29, 1.82) is 0 Å². The maximum Gasteiger partial charge on any atom is 0.229 e. The zero-order valence-electron chi connectivity index (χ0n) is 11.9.